The molecule has 1 aliphatic rings. The minimum Gasteiger partial charge on any atom is -0.309 e. The third kappa shape index (κ3) is 1.97. The van der Waals surface area contributed by atoms with Gasteiger partial charge >= 0.3 is 0 Å². The average molecular weight is 326 g/mol. The highest BCUT2D eigenvalue weighted by molar-refractivity contribution is 7.90. The van der Waals surface area contributed by atoms with Crippen LogP contribution >= 0.6 is 0 Å². The summed E-state index contributed by atoms with van der Waals surface area (Å²) < 4.78 is 27.5. The first kappa shape index (κ1) is 14.5. The lowest BCUT2D eigenvalue weighted by Crippen LogP contribution is -2.15. The Balaban J connectivity index is 2.10. The quantitative estimate of drug-likeness (QED) is 0.581. The van der Waals surface area contributed by atoms with Crippen molar-refractivity contribution in [1.82, 2.24) is 8.87 Å². The summed E-state index contributed by atoms with van der Waals surface area (Å²) in [5, 5.41) is 1.03. The lowest BCUT2D eigenvalue weighted by molar-refractivity contribution is 0.414. The highest BCUT2D eigenvalue weighted by atomic mass is 32.2. The van der Waals surface area contributed by atoms with E-state index < -0.39 is 10.0 Å². The molecule has 4 nitrogen and oxygen atoms in total. The molecule has 0 spiro atoms. The Morgan fingerprint density at radius 2 is 1.70 bits per heavy atom. The minimum absolute atomic E-state index is 0.409. The molecule has 0 N–H and O–H groups in total. The van der Waals surface area contributed by atoms with Crippen molar-refractivity contribution in [2.45, 2.75) is 11.3 Å². The van der Waals surface area contributed by atoms with Gasteiger partial charge in [-0.2, -0.15) is 0 Å². The highest BCUT2D eigenvalue weighted by Gasteiger charge is 2.36. The maximum atomic E-state index is 13.0. The van der Waals surface area contributed by atoms with Crippen molar-refractivity contribution in [3.05, 3.63) is 54.1 Å². The van der Waals surface area contributed by atoms with Crippen LogP contribution in [0.2, 0.25) is 0 Å². The van der Waals surface area contributed by atoms with E-state index in [9.17, 15) is 8.42 Å². The van der Waals surface area contributed by atoms with E-state index in [0.29, 0.717) is 4.90 Å². The normalized spacial score (nSPS) is 15.1. The van der Waals surface area contributed by atoms with Crippen LogP contribution in [-0.4, -0.2) is 37.9 Å². The average Bonchev–Trinajstić information content (AvgIpc) is 2.98. The van der Waals surface area contributed by atoms with Gasteiger partial charge in [-0.1, -0.05) is 36.4 Å². The Kier molecular flexibility index (Phi) is 3.11. The van der Waals surface area contributed by atoms with E-state index in [4.69, 9.17) is 0 Å². The smallest absolute Gasteiger partial charge is 0.269 e. The van der Waals surface area contributed by atoms with Crippen molar-refractivity contribution in [3.8, 4) is 11.3 Å². The first-order chi connectivity index (χ1) is 11.0. The Bertz CT molecular complexity index is 1020. The molecule has 0 aliphatic carbocycles. The van der Waals surface area contributed by atoms with E-state index in [1.165, 1.54) is 3.97 Å². The molecule has 0 atom stereocenters. The zero-order chi connectivity index (χ0) is 16.2. The summed E-state index contributed by atoms with van der Waals surface area (Å²) in [5.41, 5.74) is 3.54. The van der Waals surface area contributed by atoms with Crippen molar-refractivity contribution < 1.29 is 8.42 Å². The van der Waals surface area contributed by atoms with E-state index >= 15 is 0 Å². The van der Waals surface area contributed by atoms with Gasteiger partial charge in [0, 0.05) is 17.5 Å². The maximum Gasteiger partial charge on any atom is 0.269 e. The van der Waals surface area contributed by atoms with Crippen LogP contribution in [0.15, 0.2) is 53.4 Å². The largest absolute Gasteiger partial charge is 0.309 e. The Morgan fingerprint density at radius 3 is 2.48 bits per heavy atom. The van der Waals surface area contributed by atoms with Gasteiger partial charge in [0.15, 0.2) is 0 Å². The molecule has 2 aromatic carbocycles. The fourth-order valence-corrected chi connectivity index (χ4v) is 5.13. The molecule has 0 unspecified atom stereocenters. The van der Waals surface area contributed by atoms with Crippen molar-refractivity contribution in [2.75, 3.05) is 20.6 Å². The standard InChI is InChI=1S/C18H18N2O2S/c1-19(2)12-11-14-13-7-3-5-9-16(13)20-18(14)15-8-4-6-10-17(15)23(20,21)22/h3-10H,11-12H2,1-2H3. The summed E-state index contributed by atoms with van der Waals surface area (Å²) >= 11 is 0. The minimum atomic E-state index is -3.51. The number of hydrogen-bond donors (Lipinski definition) is 0. The Labute approximate surface area is 136 Å². The van der Waals surface area contributed by atoms with Crippen LogP contribution < -0.4 is 0 Å². The molecular weight excluding hydrogens is 308 g/mol. The molecule has 0 fully saturated rings. The lowest BCUT2D eigenvalue weighted by Gasteiger charge is -2.10. The molecule has 23 heavy (non-hydrogen) atoms. The van der Waals surface area contributed by atoms with Crippen molar-refractivity contribution >= 4 is 20.9 Å². The monoisotopic (exact) mass is 326 g/mol. The molecule has 0 radical (unpaired) electrons. The number of aromatic nitrogens is 1. The second kappa shape index (κ2) is 4.94. The zero-order valence-electron chi connectivity index (χ0n) is 13.2. The topological polar surface area (TPSA) is 42.3 Å². The third-order valence-corrected chi connectivity index (χ3v) is 6.18. The first-order valence-electron chi connectivity index (χ1n) is 7.64. The molecule has 0 bridgehead atoms. The Morgan fingerprint density at radius 1 is 1.00 bits per heavy atom. The van der Waals surface area contributed by atoms with Gasteiger partial charge < -0.3 is 4.90 Å². The number of hydrogen-bond acceptors (Lipinski definition) is 3. The number of para-hydroxylation sites is 1. The van der Waals surface area contributed by atoms with E-state index in [0.717, 1.165) is 40.7 Å². The van der Waals surface area contributed by atoms with Crippen LogP contribution in [0, 0.1) is 0 Å². The summed E-state index contributed by atoms with van der Waals surface area (Å²) in [4.78, 5) is 2.53. The molecule has 1 aliphatic heterocycles. The van der Waals surface area contributed by atoms with E-state index in [2.05, 4.69) is 4.90 Å². The van der Waals surface area contributed by atoms with Gasteiger partial charge in [0.2, 0.25) is 0 Å². The number of benzene rings is 2. The van der Waals surface area contributed by atoms with Crippen molar-refractivity contribution in [1.29, 1.82) is 0 Å². The predicted octanol–water partition coefficient (Wildman–Crippen LogP) is 2.96. The number of nitrogens with zero attached hydrogens (tertiary/aromatic N) is 2. The van der Waals surface area contributed by atoms with Crippen LogP contribution in [0.3, 0.4) is 0 Å². The fraction of sp³-hybridized carbons (Fsp3) is 0.222. The van der Waals surface area contributed by atoms with Crippen LogP contribution in [0.5, 0.6) is 0 Å². The molecule has 1 aromatic heterocycles. The highest BCUT2D eigenvalue weighted by Crippen LogP contribution is 2.44. The lowest BCUT2D eigenvalue weighted by atomic mass is 10.0. The van der Waals surface area contributed by atoms with Gasteiger partial charge in [0.1, 0.15) is 0 Å². The van der Waals surface area contributed by atoms with Crippen LogP contribution in [0.25, 0.3) is 22.2 Å². The molecule has 2 heterocycles. The zero-order valence-corrected chi connectivity index (χ0v) is 14.0. The number of likely N-dealkylation sites (N-methyl/N-ethyl adjacent to an activating group) is 1. The Hall–Kier alpha value is -2.11. The van der Waals surface area contributed by atoms with Crippen molar-refractivity contribution in [2.24, 2.45) is 0 Å². The molecule has 0 saturated heterocycles. The molecule has 5 heteroatoms. The van der Waals surface area contributed by atoms with Crippen LogP contribution in [0.1, 0.15) is 5.56 Å². The molecule has 118 valence electrons. The van der Waals surface area contributed by atoms with E-state index in [-0.39, 0.29) is 0 Å². The summed E-state index contributed by atoms with van der Waals surface area (Å²) in [7, 11) is 0.556. The first-order valence-corrected chi connectivity index (χ1v) is 9.08. The van der Waals surface area contributed by atoms with Crippen molar-refractivity contribution in [3.63, 3.8) is 0 Å². The second-order valence-corrected chi connectivity index (χ2v) is 7.92. The van der Waals surface area contributed by atoms with Crippen LogP contribution in [-0.2, 0) is 16.4 Å². The summed E-state index contributed by atoms with van der Waals surface area (Å²) in [5.74, 6) is 0. The molecule has 3 aromatic rings. The summed E-state index contributed by atoms with van der Waals surface area (Å²) in [6.45, 7) is 0.878. The van der Waals surface area contributed by atoms with Gasteiger partial charge in [-0.3, -0.25) is 0 Å². The second-order valence-electron chi connectivity index (χ2n) is 6.16. The molecule has 4 rings (SSSR count). The summed E-state index contributed by atoms with van der Waals surface area (Å²) in [6, 6.07) is 15.1. The number of rotatable bonds is 3. The van der Waals surface area contributed by atoms with Gasteiger partial charge in [0.25, 0.3) is 10.0 Å². The van der Waals surface area contributed by atoms with E-state index in [1.807, 2.05) is 50.5 Å². The molecular formula is C18H18N2O2S. The fourth-order valence-electron chi connectivity index (χ4n) is 3.37. The predicted molar refractivity (Wildman–Crippen MR) is 92.2 cm³/mol. The SMILES string of the molecule is CN(C)CCc1c2n(c3ccccc13)S(=O)(=O)c1ccccc1-2. The van der Waals surface area contributed by atoms with Gasteiger partial charge in [-0.15, -0.1) is 0 Å². The third-order valence-electron chi connectivity index (χ3n) is 4.41. The molecule has 0 amide bonds. The number of fused-ring (bicyclic) bond motifs is 5. The van der Waals surface area contributed by atoms with Crippen LogP contribution in [0.4, 0.5) is 0 Å². The summed E-state index contributed by atoms with van der Waals surface area (Å²) in [6.07, 6.45) is 0.819. The van der Waals surface area contributed by atoms with E-state index in [1.54, 1.807) is 12.1 Å². The molecule has 0 saturated carbocycles. The van der Waals surface area contributed by atoms with Gasteiger partial charge in [0.05, 0.1) is 16.1 Å². The maximum absolute atomic E-state index is 13.0. The van der Waals surface area contributed by atoms with Gasteiger partial charge in [-0.25, -0.2) is 12.4 Å². The van der Waals surface area contributed by atoms with Gasteiger partial charge in [-0.05, 0) is 38.2 Å².